The van der Waals surface area contributed by atoms with Crippen molar-refractivity contribution in [3.8, 4) is 0 Å². The molecule has 0 radical (unpaired) electrons. The molecule has 0 bridgehead atoms. The van der Waals surface area contributed by atoms with Crippen LogP contribution in [0.5, 0.6) is 0 Å². The average Bonchev–Trinajstić information content (AvgIpc) is 2.30. The quantitative estimate of drug-likeness (QED) is 0.853. The van der Waals surface area contributed by atoms with E-state index in [9.17, 15) is 0 Å². The van der Waals surface area contributed by atoms with E-state index < -0.39 is 0 Å². The van der Waals surface area contributed by atoms with Crippen LogP contribution in [-0.2, 0) is 13.1 Å². The second-order valence-corrected chi connectivity index (χ2v) is 5.93. The zero-order valence-corrected chi connectivity index (χ0v) is 12.7. The van der Waals surface area contributed by atoms with Crippen molar-refractivity contribution in [2.75, 3.05) is 7.05 Å². The van der Waals surface area contributed by atoms with Crippen molar-refractivity contribution in [3.05, 3.63) is 34.3 Å². The largest absolute Gasteiger partial charge is 0.326 e. The number of nitrogens with zero attached hydrogens (tertiary/aromatic N) is 1. The third-order valence-corrected chi connectivity index (χ3v) is 3.69. The van der Waals surface area contributed by atoms with Gasteiger partial charge in [0.25, 0.3) is 0 Å². The molecule has 1 unspecified atom stereocenters. The molecule has 0 aliphatic carbocycles. The first-order chi connectivity index (χ1) is 8.43. The summed E-state index contributed by atoms with van der Waals surface area (Å²) < 4.78 is 0. The van der Waals surface area contributed by atoms with Gasteiger partial charge >= 0.3 is 0 Å². The number of hydrogen-bond donors (Lipinski definition) is 1. The van der Waals surface area contributed by atoms with Crippen LogP contribution in [0.2, 0.25) is 5.02 Å². The van der Waals surface area contributed by atoms with E-state index >= 15 is 0 Å². The molecule has 2 nitrogen and oxygen atoms in total. The molecule has 102 valence electrons. The summed E-state index contributed by atoms with van der Waals surface area (Å²) in [6.45, 7) is 8.21. The summed E-state index contributed by atoms with van der Waals surface area (Å²) in [6.07, 6.45) is 1.20. The van der Waals surface area contributed by atoms with Crippen LogP contribution < -0.4 is 5.73 Å². The predicted octanol–water partition coefficient (Wildman–Crippen LogP) is 3.67. The minimum atomic E-state index is 0.541. The fourth-order valence-corrected chi connectivity index (χ4v) is 2.40. The highest BCUT2D eigenvalue weighted by molar-refractivity contribution is 6.31. The molecule has 2 N–H and O–H groups in total. The van der Waals surface area contributed by atoms with Gasteiger partial charge in [0.15, 0.2) is 0 Å². The maximum absolute atomic E-state index is 6.28. The number of halogens is 1. The van der Waals surface area contributed by atoms with E-state index in [1.54, 1.807) is 0 Å². The van der Waals surface area contributed by atoms with Gasteiger partial charge in [-0.1, -0.05) is 37.6 Å². The van der Waals surface area contributed by atoms with Crippen LogP contribution in [-0.4, -0.2) is 18.0 Å². The van der Waals surface area contributed by atoms with Gasteiger partial charge in [0.05, 0.1) is 0 Å². The third-order valence-electron chi connectivity index (χ3n) is 3.34. The summed E-state index contributed by atoms with van der Waals surface area (Å²) in [5.74, 6) is 0.720. The second-order valence-electron chi connectivity index (χ2n) is 5.52. The summed E-state index contributed by atoms with van der Waals surface area (Å²) in [5, 5.41) is 0.821. The molecule has 0 saturated carbocycles. The normalized spacial score (nSPS) is 13.3. The third kappa shape index (κ3) is 4.60. The van der Waals surface area contributed by atoms with E-state index in [-0.39, 0.29) is 0 Å². The lowest BCUT2D eigenvalue weighted by Gasteiger charge is -2.26. The first kappa shape index (κ1) is 15.5. The zero-order chi connectivity index (χ0) is 13.7. The summed E-state index contributed by atoms with van der Waals surface area (Å²) in [6, 6.07) is 6.68. The Morgan fingerprint density at radius 3 is 2.44 bits per heavy atom. The molecule has 3 heteroatoms. The maximum Gasteiger partial charge on any atom is 0.0454 e. The molecule has 1 aromatic rings. The van der Waals surface area contributed by atoms with E-state index in [1.165, 1.54) is 12.0 Å². The van der Waals surface area contributed by atoms with Crippen molar-refractivity contribution >= 4 is 11.6 Å². The van der Waals surface area contributed by atoms with Crippen LogP contribution in [0.25, 0.3) is 0 Å². The molecular formula is C15H25ClN2. The summed E-state index contributed by atoms with van der Waals surface area (Å²) in [5.41, 5.74) is 7.86. The molecule has 18 heavy (non-hydrogen) atoms. The van der Waals surface area contributed by atoms with Crippen molar-refractivity contribution in [3.63, 3.8) is 0 Å². The molecule has 0 saturated heterocycles. The molecule has 1 rings (SSSR count). The molecule has 0 spiro atoms. The number of nitrogens with two attached hydrogens (primary N) is 1. The number of hydrogen-bond acceptors (Lipinski definition) is 2. The lowest BCUT2D eigenvalue weighted by molar-refractivity contribution is 0.220. The first-order valence-corrected chi connectivity index (χ1v) is 6.99. The topological polar surface area (TPSA) is 29.3 Å². The molecule has 0 aliphatic rings. The molecule has 0 aliphatic heterocycles. The van der Waals surface area contributed by atoms with Gasteiger partial charge in [-0.05, 0) is 43.5 Å². The van der Waals surface area contributed by atoms with Crippen molar-refractivity contribution in [2.45, 2.75) is 46.3 Å². The Bertz CT molecular complexity index is 377. The van der Waals surface area contributed by atoms with Crippen LogP contribution >= 0.6 is 11.6 Å². The Balaban J connectivity index is 2.66. The zero-order valence-electron chi connectivity index (χ0n) is 11.9. The van der Waals surface area contributed by atoms with Gasteiger partial charge in [-0.15, -0.1) is 0 Å². The van der Waals surface area contributed by atoms with Gasteiger partial charge < -0.3 is 5.73 Å². The molecule has 0 amide bonds. The summed E-state index contributed by atoms with van der Waals surface area (Å²) >= 11 is 6.28. The molecule has 1 atom stereocenters. The van der Waals surface area contributed by atoms with Gasteiger partial charge in [-0.3, -0.25) is 4.90 Å². The fraction of sp³-hybridized carbons (Fsp3) is 0.600. The maximum atomic E-state index is 6.28. The van der Waals surface area contributed by atoms with E-state index in [0.29, 0.717) is 12.6 Å². The van der Waals surface area contributed by atoms with Crippen LogP contribution in [0.1, 0.15) is 38.3 Å². The Kier molecular flexibility index (Phi) is 6.13. The van der Waals surface area contributed by atoms with Gasteiger partial charge in [0.1, 0.15) is 0 Å². The van der Waals surface area contributed by atoms with Gasteiger partial charge in [0, 0.05) is 24.2 Å². The van der Waals surface area contributed by atoms with Gasteiger partial charge in [-0.2, -0.15) is 0 Å². The fourth-order valence-electron chi connectivity index (χ4n) is 2.13. The van der Waals surface area contributed by atoms with E-state index in [1.807, 2.05) is 6.07 Å². The van der Waals surface area contributed by atoms with E-state index in [4.69, 9.17) is 17.3 Å². The highest BCUT2D eigenvalue weighted by Gasteiger charge is 2.12. The predicted molar refractivity (Wildman–Crippen MR) is 79.7 cm³/mol. The second kappa shape index (κ2) is 7.13. The minimum Gasteiger partial charge on any atom is -0.326 e. The highest BCUT2D eigenvalue weighted by Crippen LogP contribution is 2.21. The van der Waals surface area contributed by atoms with Crippen molar-refractivity contribution < 1.29 is 0 Å². The van der Waals surface area contributed by atoms with Crippen molar-refractivity contribution in [1.29, 1.82) is 0 Å². The van der Waals surface area contributed by atoms with Gasteiger partial charge in [0.2, 0.25) is 0 Å². The van der Waals surface area contributed by atoms with E-state index in [2.05, 4.69) is 44.9 Å². The van der Waals surface area contributed by atoms with Crippen LogP contribution in [0.3, 0.4) is 0 Å². The Morgan fingerprint density at radius 2 is 1.94 bits per heavy atom. The van der Waals surface area contributed by atoms with Crippen LogP contribution in [0, 0.1) is 5.92 Å². The van der Waals surface area contributed by atoms with Gasteiger partial charge in [-0.25, -0.2) is 0 Å². The van der Waals surface area contributed by atoms with Crippen LogP contribution in [0.4, 0.5) is 0 Å². The minimum absolute atomic E-state index is 0.541. The highest BCUT2D eigenvalue weighted by atomic mass is 35.5. The van der Waals surface area contributed by atoms with Crippen molar-refractivity contribution in [2.24, 2.45) is 11.7 Å². The summed E-state index contributed by atoms with van der Waals surface area (Å²) in [7, 11) is 2.15. The number of rotatable bonds is 6. The summed E-state index contributed by atoms with van der Waals surface area (Å²) in [4.78, 5) is 2.35. The SMILES string of the molecule is CC(C)CC(C)N(C)Cc1ccc(CN)cc1Cl. The molecule has 0 aromatic heterocycles. The smallest absolute Gasteiger partial charge is 0.0454 e. The average molecular weight is 269 g/mol. The number of benzene rings is 1. The lowest BCUT2D eigenvalue weighted by Crippen LogP contribution is -2.29. The van der Waals surface area contributed by atoms with Crippen molar-refractivity contribution in [1.82, 2.24) is 4.90 Å². The molecule has 0 heterocycles. The lowest BCUT2D eigenvalue weighted by atomic mass is 10.0. The first-order valence-electron chi connectivity index (χ1n) is 6.61. The Hall–Kier alpha value is -0.570. The monoisotopic (exact) mass is 268 g/mol. The Labute approximate surface area is 116 Å². The molecule has 0 fully saturated rings. The standard InChI is InChI=1S/C15H25ClN2/c1-11(2)7-12(3)18(4)10-14-6-5-13(9-17)8-15(14)16/h5-6,8,11-12H,7,9-10,17H2,1-4H3. The van der Waals surface area contributed by atoms with Crippen LogP contribution in [0.15, 0.2) is 18.2 Å². The van der Waals surface area contributed by atoms with E-state index in [0.717, 1.165) is 23.0 Å². The molecular weight excluding hydrogens is 244 g/mol. The Morgan fingerprint density at radius 1 is 1.28 bits per heavy atom. The molecule has 1 aromatic carbocycles.